The van der Waals surface area contributed by atoms with Gasteiger partial charge in [-0.1, -0.05) is 38.3 Å². The number of nitrogens with zero attached hydrogens (tertiary/aromatic N) is 2. The fourth-order valence-corrected chi connectivity index (χ4v) is 2.28. The van der Waals surface area contributed by atoms with Gasteiger partial charge in [0.1, 0.15) is 0 Å². The summed E-state index contributed by atoms with van der Waals surface area (Å²) in [6.45, 7) is 6.67. The first-order valence-electron chi connectivity index (χ1n) is 8.91. The number of guanidine groups is 1. The summed E-state index contributed by atoms with van der Waals surface area (Å²) in [4.78, 5) is 18.1. The quantitative estimate of drug-likeness (QED) is 0.415. The van der Waals surface area contributed by atoms with Crippen LogP contribution in [0.5, 0.6) is 0 Å². The van der Waals surface area contributed by atoms with Gasteiger partial charge < -0.3 is 15.5 Å². The van der Waals surface area contributed by atoms with Crippen molar-refractivity contribution < 1.29 is 4.79 Å². The molecule has 0 unspecified atom stereocenters. The molecule has 134 valence electrons. The lowest BCUT2D eigenvalue weighted by molar-refractivity contribution is 0.0827. The van der Waals surface area contributed by atoms with Crippen LogP contribution in [0.1, 0.15) is 55.5 Å². The Bertz CT molecular complexity index is 509. The number of hydrogen-bond acceptors (Lipinski definition) is 2. The normalized spacial score (nSPS) is 11.2. The van der Waals surface area contributed by atoms with E-state index >= 15 is 0 Å². The molecule has 0 atom stereocenters. The predicted molar refractivity (Wildman–Crippen MR) is 101 cm³/mol. The molecule has 0 spiro atoms. The van der Waals surface area contributed by atoms with Crippen molar-refractivity contribution in [2.75, 3.05) is 27.2 Å². The maximum atomic E-state index is 11.9. The maximum Gasteiger partial charge on any atom is 0.253 e. The number of benzene rings is 1. The standard InChI is InChI=1S/C19H32N4O/c1-5-7-8-9-14-21-19(20-6-2)22-15-16-10-12-17(13-11-16)18(24)23(3)4/h10-13H,5-9,14-15H2,1-4H3,(H2,20,21,22). The summed E-state index contributed by atoms with van der Waals surface area (Å²) in [6.07, 6.45) is 4.96. The van der Waals surface area contributed by atoms with Gasteiger partial charge in [-0.15, -0.1) is 0 Å². The minimum absolute atomic E-state index is 0.0205. The first kappa shape index (κ1) is 20.0. The lowest BCUT2D eigenvalue weighted by Gasteiger charge is -2.12. The Morgan fingerprint density at radius 3 is 2.33 bits per heavy atom. The van der Waals surface area contributed by atoms with E-state index in [1.54, 1.807) is 19.0 Å². The summed E-state index contributed by atoms with van der Waals surface area (Å²) in [5, 5.41) is 6.64. The van der Waals surface area contributed by atoms with Crippen molar-refractivity contribution in [3.63, 3.8) is 0 Å². The van der Waals surface area contributed by atoms with Crippen molar-refractivity contribution in [3.05, 3.63) is 35.4 Å². The third kappa shape index (κ3) is 7.49. The molecule has 5 heteroatoms. The van der Waals surface area contributed by atoms with Crippen LogP contribution in [-0.2, 0) is 6.54 Å². The third-order valence-corrected chi connectivity index (χ3v) is 3.69. The fraction of sp³-hybridized carbons (Fsp3) is 0.579. The Kier molecular flexibility index (Phi) is 9.58. The van der Waals surface area contributed by atoms with Crippen molar-refractivity contribution in [3.8, 4) is 0 Å². The Hall–Kier alpha value is -2.04. The van der Waals surface area contributed by atoms with E-state index in [-0.39, 0.29) is 5.91 Å². The summed E-state index contributed by atoms with van der Waals surface area (Å²) in [6, 6.07) is 7.65. The number of unbranched alkanes of at least 4 members (excludes halogenated alkanes) is 3. The highest BCUT2D eigenvalue weighted by Gasteiger charge is 2.07. The Labute approximate surface area is 146 Å². The summed E-state index contributed by atoms with van der Waals surface area (Å²) in [5.74, 6) is 0.870. The van der Waals surface area contributed by atoms with E-state index in [0.717, 1.165) is 24.6 Å². The number of aliphatic imine (C=N–C) groups is 1. The highest BCUT2D eigenvalue weighted by Crippen LogP contribution is 2.07. The molecule has 0 aliphatic carbocycles. The number of hydrogen-bond donors (Lipinski definition) is 2. The van der Waals surface area contributed by atoms with Crippen molar-refractivity contribution in [1.29, 1.82) is 0 Å². The van der Waals surface area contributed by atoms with Gasteiger partial charge in [-0.25, -0.2) is 4.99 Å². The van der Waals surface area contributed by atoms with Crippen LogP contribution in [0.2, 0.25) is 0 Å². The summed E-state index contributed by atoms with van der Waals surface area (Å²) in [7, 11) is 3.52. The summed E-state index contributed by atoms with van der Waals surface area (Å²) >= 11 is 0. The topological polar surface area (TPSA) is 56.7 Å². The van der Waals surface area contributed by atoms with E-state index in [1.807, 2.05) is 24.3 Å². The molecule has 0 bridgehead atoms. The molecule has 0 aliphatic rings. The van der Waals surface area contributed by atoms with Crippen molar-refractivity contribution in [2.24, 2.45) is 4.99 Å². The molecule has 0 aromatic heterocycles. The Balaban J connectivity index is 2.54. The first-order valence-corrected chi connectivity index (χ1v) is 8.91. The number of amides is 1. The van der Waals surface area contributed by atoms with E-state index < -0.39 is 0 Å². The highest BCUT2D eigenvalue weighted by atomic mass is 16.2. The van der Waals surface area contributed by atoms with E-state index in [4.69, 9.17) is 0 Å². The third-order valence-electron chi connectivity index (χ3n) is 3.69. The second-order valence-corrected chi connectivity index (χ2v) is 6.08. The van der Waals surface area contributed by atoms with Gasteiger partial charge in [0.05, 0.1) is 6.54 Å². The van der Waals surface area contributed by atoms with Gasteiger partial charge >= 0.3 is 0 Å². The maximum absolute atomic E-state index is 11.9. The zero-order valence-corrected chi connectivity index (χ0v) is 15.6. The average molecular weight is 332 g/mol. The smallest absolute Gasteiger partial charge is 0.253 e. The predicted octanol–water partition coefficient (Wildman–Crippen LogP) is 3.02. The van der Waals surface area contributed by atoms with Gasteiger partial charge in [0, 0.05) is 32.7 Å². The monoisotopic (exact) mass is 332 g/mol. The van der Waals surface area contributed by atoms with Gasteiger partial charge in [-0.05, 0) is 31.0 Å². The van der Waals surface area contributed by atoms with Crippen molar-refractivity contribution in [1.82, 2.24) is 15.5 Å². The largest absolute Gasteiger partial charge is 0.357 e. The fourth-order valence-electron chi connectivity index (χ4n) is 2.28. The van der Waals surface area contributed by atoms with E-state index in [1.165, 1.54) is 25.7 Å². The molecule has 24 heavy (non-hydrogen) atoms. The number of carbonyl (C=O) groups is 1. The second-order valence-electron chi connectivity index (χ2n) is 6.08. The van der Waals surface area contributed by atoms with Crippen LogP contribution in [0.3, 0.4) is 0 Å². The highest BCUT2D eigenvalue weighted by molar-refractivity contribution is 5.93. The van der Waals surface area contributed by atoms with E-state index in [2.05, 4.69) is 29.5 Å². The average Bonchev–Trinajstić information content (AvgIpc) is 2.59. The molecule has 1 aromatic rings. The van der Waals surface area contributed by atoms with Crippen molar-refractivity contribution in [2.45, 2.75) is 46.1 Å². The van der Waals surface area contributed by atoms with Gasteiger partial charge in [0.2, 0.25) is 0 Å². The Morgan fingerprint density at radius 1 is 1.04 bits per heavy atom. The zero-order valence-electron chi connectivity index (χ0n) is 15.6. The molecule has 0 saturated heterocycles. The second kappa shape index (κ2) is 11.5. The van der Waals surface area contributed by atoms with E-state index in [9.17, 15) is 4.79 Å². The summed E-state index contributed by atoms with van der Waals surface area (Å²) < 4.78 is 0. The molecule has 1 aromatic carbocycles. The van der Waals surface area contributed by atoms with Crippen LogP contribution < -0.4 is 10.6 Å². The van der Waals surface area contributed by atoms with Gasteiger partial charge in [-0.3, -0.25) is 4.79 Å². The molecular formula is C19H32N4O. The number of rotatable bonds is 9. The van der Waals surface area contributed by atoms with Crippen molar-refractivity contribution >= 4 is 11.9 Å². The molecule has 0 radical (unpaired) electrons. The lowest BCUT2D eigenvalue weighted by atomic mass is 10.1. The zero-order chi connectivity index (χ0) is 17.8. The molecule has 5 nitrogen and oxygen atoms in total. The van der Waals surface area contributed by atoms with Crippen LogP contribution in [0.25, 0.3) is 0 Å². The van der Waals surface area contributed by atoms with Gasteiger partial charge in [-0.2, -0.15) is 0 Å². The van der Waals surface area contributed by atoms with Crippen LogP contribution in [0.4, 0.5) is 0 Å². The van der Waals surface area contributed by atoms with Gasteiger partial charge in [0.15, 0.2) is 5.96 Å². The molecule has 0 saturated carbocycles. The van der Waals surface area contributed by atoms with Crippen LogP contribution >= 0.6 is 0 Å². The molecule has 0 heterocycles. The van der Waals surface area contributed by atoms with Gasteiger partial charge in [0.25, 0.3) is 5.91 Å². The molecule has 2 N–H and O–H groups in total. The number of nitrogens with one attached hydrogen (secondary N) is 2. The SMILES string of the molecule is CCCCCCNC(=NCc1ccc(C(=O)N(C)C)cc1)NCC. The van der Waals surface area contributed by atoms with Crippen LogP contribution in [0, 0.1) is 0 Å². The van der Waals surface area contributed by atoms with Crippen LogP contribution in [0.15, 0.2) is 29.3 Å². The molecule has 1 amide bonds. The summed E-state index contributed by atoms with van der Waals surface area (Å²) in [5.41, 5.74) is 1.79. The Morgan fingerprint density at radius 2 is 1.75 bits per heavy atom. The number of carbonyl (C=O) groups excluding carboxylic acids is 1. The minimum Gasteiger partial charge on any atom is -0.357 e. The lowest BCUT2D eigenvalue weighted by Crippen LogP contribution is -2.37. The molecule has 0 fully saturated rings. The van der Waals surface area contributed by atoms with E-state index in [0.29, 0.717) is 12.1 Å². The first-order chi connectivity index (χ1) is 11.6. The molecular weight excluding hydrogens is 300 g/mol. The molecule has 0 aliphatic heterocycles. The minimum atomic E-state index is 0.0205. The van der Waals surface area contributed by atoms with Crippen LogP contribution in [-0.4, -0.2) is 44.0 Å². The molecule has 1 rings (SSSR count).